The van der Waals surface area contributed by atoms with Gasteiger partial charge in [0.05, 0.1) is 17.8 Å². The Kier molecular flexibility index (Phi) is 4.88. The molecule has 0 aliphatic carbocycles. The molecule has 2 heterocycles. The van der Waals surface area contributed by atoms with Gasteiger partial charge in [0.25, 0.3) is 0 Å². The van der Waals surface area contributed by atoms with Crippen LogP contribution in [0.5, 0.6) is 0 Å². The average molecular weight is 341 g/mol. The van der Waals surface area contributed by atoms with Crippen LogP contribution in [0.1, 0.15) is 36.2 Å². The molecule has 1 aromatic carbocycles. The fourth-order valence-corrected chi connectivity index (χ4v) is 3.49. The third-order valence-corrected chi connectivity index (χ3v) is 4.88. The second-order valence-electron chi connectivity index (χ2n) is 6.51. The number of benzene rings is 1. The molecule has 1 aromatic heterocycles. The normalized spacial score (nSPS) is 17.5. The molecule has 1 fully saturated rings. The summed E-state index contributed by atoms with van der Waals surface area (Å²) in [4.78, 5) is 25.7. The molecule has 1 aliphatic rings. The van der Waals surface area contributed by atoms with Crippen molar-refractivity contribution in [3.05, 3.63) is 47.3 Å². The molecular weight excluding hydrogens is 318 g/mol. The molecular formula is C19H23N3O3. The van der Waals surface area contributed by atoms with Gasteiger partial charge in [0.15, 0.2) is 0 Å². The quantitative estimate of drug-likeness (QED) is 0.927. The molecule has 0 spiro atoms. The number of rotatable bonds is 4. The lowest BCUT2D eigenvalue weighted by Gasteiger charge is -2.33. The molecule has 1 unspecified atom stereocenters. The zero-order valence-electron chi connectivity index (χ0n) is 14.6. The van der Waals surface area contributed by atoms with E-state index in [0.717, 1.165) is 35.5 Å². The number of piperidine rings is 1. The number of carboxylic acid groups (broad SMARTS) is 1. The molecule has 0 radical (unpaired) electrons. The van der Waals surface area contributed by atoms with Gasteiger partial charge in [-0.2, -0.15) is 5.10 Å². The molecule has 1 aliphatic heterocycles. The van der Waals surface area contributed by atoms with Crippen LogP contribution >= 0.6 is 0 Å². The molecule has 0 saturated carbocycles. The molecule has 1 N–H and O–H groups in total. The Morgan fingerprint density at radius 3 is 2.60 bits per heavy atom. The number of hydrogen-bond donors (Lipinski definition) is 1. The van der Waals surface area contributed by atoms with Crippen molar-refractivity contribution >= 4 is 11.9 Å². The van der Waals surface area contributed by atoms with Gasteiger partial charge in [-0.25, -0.2) is 9.48 Å². The highest BCUT2D eigenvalue weighted by atomic mass is 16.4. The van der Waals surface area contributed by atoms with Crippen LogP contribution in [-0.2, 0) is 16.0 Å². The maximum absolute atomic E-state index is 12.8. The summed E-state index contributed by atoms with van der Waals surface area (Å²) < 4.78 is 1.84. The summed E-state index contributed by atoms with van der Waals surface area (Å²) in [5, 5.41) is 13.9. The highest BCUT2D eigenvalue weighted by molar-refractivity contribution is 5.85. The highest BCUT2D eigenvalue weighted by Gasteiger charge is 2.32. The molecule has 1 atom stereocenters. The molecule has 132 valence electrons. The van der Waals surface area contributed by atoms with Crippen LogP contribution in [0, 0.1) is 13.8 Å². The van der Waals surface area contributed by atoms with Crippen molar-refractivity contribution in [2.24, 2.45) is 0 Å². The number of hydrogen-bond acceptors (Lipinski definition) is 3. The lowest BCUT2D eigenvalue weighted by molar-refractivity contribution is -0.151. The number of carbonyl (C=O) groups excluding carboxylic acids is 1. The van der Waals surface area contributed by atoms with E-state index < -0.39 is 12.0 Å². The topological polar surface area (TPSA) is 75.4 Å². The van der Waals surface area contributed by atoms with Crippen molar-refractivity contribution in [1.29, 1.82) is 0 Å². The summed E-state index contributed by atoms with van der Waals surface area (Å²) in [6.07, 6.45) is 2.43. The number of nitrogens with zero attached hydrogens (tertiary/aromatic N) is 3. The van der Waals surface area contributed by atoms with Crippen molar-refractivity contribution < 1.29 is 14.7 Å². The maximum Gasteiger partial charge on any atom is 0.326 e. The molecule has 6 nitrogen and oxygen atoms in total. The minimum Gasteiger partial charge on any atom is -0.480 e. The predicted octanol–water partition coefficient (Wildman–Crippen LogP) is 2.50. The van der Waals surface area contributed by atoms with Crippen molar-refractivity contribution in [2.45, 2.75) is 45.6 Å². The van der Waals surface area contributed by atoms with Crippen molar-refractivity contribution in [3.63, 3.8) is 0 Å². The first kappa shape index (κ1) is 17.2. The first-order chi connectivity index (χ1) is 12.0. The van der Waals surface area contributed by atoms with Crippen LogP contribution in [-0.4, -0.2) is 44.3 Å². The Morgan fingerprint density at radius 1 is 1.20 bits per heavy atom. The largest absolute Gasteiger partial charge is 0.480 e. The molecule has 25 heavy (non-hydrogen) atoms. The average Bonchev–Trinajstić information content (AvgIpc) is 2.90. The van der Waals surface area contributed by atoms with Crippen LogP contribution in [0.2, 0.25) is 0 Å². The van der Waals surface area contributed by atoms with Crippen LogP contribution in [0.25, 0.3) is 5.69 Å². The van der Waals surface area contributed by atoms with E-state index in [1.165, 1.54) is 4.90 Å². The summed E-state index contributed by atoms with van der Waals surface area (Å²) in [5.74, 6) is -1.05. The van der Waals surface area contributed by atoms with Crippen molar-refractivity contribution in [3.8, 4) is 5.69 Å². The minimum atomic E-state index is -0.915. The monoisotopic (exact) mass is 341 g/mol. The van der Waals surface area contributed by atoms with Crippen LogP contribution in [0.15, 0.2) is 30.3 Å². The summed E-state index contributed by atoms with van der Waals surface area (Å²) in [6.45, 7) is 4.35. The van der Waals surface area contributed by atoms with E-state index in [1.54, 1.807) is 0 Å². The Labute approximate surface area is 147 Å². The SMILES string of the molecule is Cc1nn(-c2ccccc2)c(C)c1CC(=O)N1CCCCC1C(=O)O. The van der Waals surface area contributed by atoms with Gasteiger partial charge >= 0.3 is 5.97 Å². The Morgan fingerprint density at radius 2 is 1.92 bits per heavy atom. The summed E-state index contributed by atoms with van der Waals surface area (Å²) in [5.41, 5.74) is 3.55. The summed E-state index contributed by atoms with van der Waals surface area (Å²) >= 11 is 0. The second-order valence-corrected chi connectivity index (χ2v) is 6.51. The maximum atomic E-state index is 12.8. The molecule has 6 heteroatoms. The van der Waals surface area contributed by atoms with Crippen molar-refractivity contribution in [2.75, 3.05) is 6.54 Å². The van der Waals surface area contributed by atoms with Crippen LogP contribution < -0.4 is 0 Å². The minimum absolute atomic E-state index is 0.133. The third-order valence-electron chi connectivity index (χ3n) is 4.88. The van der Waals surface area contributed by atoms with E-state index in [0.29, 0.717) is 13.0 Å². The smallest absolute Gasteiger partial charge is 0.326 e. The van der Waals surface area contributed by atoms with Gasteiger partial charge in [0.1, 0.15) is 6.04 Å². The number of amides is 1. The first-order valence-electron chi connectivity index (χ1n) is 8.62. The number of carbonyl (C=O) groups is 2. The van der Waals surface area contributed by atoms with Gasteiger partial charge in [0, 0.05) is 17.8 Å². The molecule has 1 saturated heterocycles. The summed E-state index contributed by atoms with van der Waals surface area (Å²) in [6, 6.07) is 9.07. The number of para-hydroxylation sites is 1. The van der Waals surface area contributed by atoms with E-state index >= 15 is 0 Å². The molecule has 3 rings (SSSR count). The van der Waals surface area contributed by atoms with E-state index in [9.17, 15) is 14.7 Å². The van der Waals surface area contributed by atoms with E-state index in [-0.39, 0.29) is 12.3 Å². The van der Waals surface area contributed by atoms with Crippen LogP contribution in [0.3, 0.4) is 0 Å². The molecule has 2 aromatic rings. The fraction of sp³-hybridized carbons (Fsp3) is 0.421. The van der Waals surface area contributed by atoms with Crippen LogP contribution in [0.4, 0.5) is 0 Å². The number of likely N-dealkylation sites (tertiary alicyclic amines) is 1. The number of aliphatic carboxylic acids is 1. The Balaban J connectivity index is 1.84. The molecule has 0 bridgehead atoms. The van der Waals surface area contributed by atoms with Gasteiger partial charge in [-0.15, -0.1) is 0 Å². The highest BCUT2D eigenvalue weighted by Crippen LogP contribution is 2.22. The van der Waals surface area contributed by atoms with Gasteiger partial charge < -0.3 is 10.0 Å². The van der Waals surface area contributed by atoms with Gasteiger partial charge in [0.2, 0.25) is 5.91 Å². The van der Waals surface area contributed by atoms with Gasteiger partial charge in [-0.1, -0.05) is 18.2 Å². The lowest BCUT2D eigenvalue weighted by atomic mass is 10.0. The fourth-order valence-electron chi connectivity index (χ4n) is 3.49. The zero-order valence-corrected chi connectivity index (χ0v) is 14.6. The van der Waals surface area contributed by atoms with E-state index in [2.05, 4.69) is 5.10 Å². The Bertz CT molecular complexity index is 783. The number of aromatic nitrogens is 2. The van der Waals surface area contributed by atoms with Gasteiger partial charge in [-0.05, 0) is 45.2 Å². The van der Waals surface area contributed by atoms with E-state index in [1.807, 2.05) is 48.9 Å². The zero-order chi connectivity index (χ0) is 18.0. The van der Waals surface area contributed by atoms with E-state index in [4.69, 9.17) is 0 Å². The number of carboxylic acids is 1. The van der Waals surface area contributed by atoms with Gasteiger partial charge in [-0.3, -0.25) is 4.79 Å². The predicted molar refractivity (Wildman–Crippen MR) is 93.7 cm³/mol. The molecule has 1 amide bonds. The Hall–Kier alpha value is -2.63. The second kappa shape index (κ2) is 7.09. The first-order valence-corrected chi connectivity index (χ1v) is 8.62. The lowest BCUT2D eigenvalue weighted by Crippen LogP contribution is -2.48. The summed E-state index contributed by atoms with van der Waals surface area (Å²) in [7, 11) is 0. The van der Waals surface area contributed by atoms with Crippen molar-refractivity contribution in [1.82, 2.24) is 14.7 Å². The third kappa shape index (κ3) is 3.43. The number of aryl methyl sites for hydroxylation is 1. The standard InChI is InChI=1S/C19H23N3O3/c1-13-16(14(2)22(20-13)15-8-4-3-5-9-15)12-18(23)21-11-7-6-10-17(21)19(24)25/h3-5,8-9,17H,6-7,10-12H2,1-2H3,(H,24,25).